The summed E-state index contributed by atoms with van der Waals surface area (Å²) in [5.74, 6) is 0.268. The Morgan fingerprint density at radius 2 is 1.69 bits per heavy atom. The molecule has 0 saturated heterocycles. The molecule has 7 nitrogen and oxygen atoms in total. The van der Waals surface area contributed by atoms with E-state index in [2.05, 4.69) is 5.32 Å². The molecule has 3 aromatic rings. The van der Waals surface area contributed by atoms with Crippen molar-refractivity contribution < 1.29 is 24.3 Å². The lowest BCUT2D eigenvalue weighted by atomic mass is 10.0. The molecular formula is C24H24N2O5S. The number of thiophene rings is 1. The van der Waals surface area contributed by atoms with E-state index in [0.29, 0.717) is 28.2 Å². The Morgan fingerprint density at radius 1 is 1.00 bits per heavy atom. The van der Waals surface area contributed by atoms with Gasteiger partial charge in [0, 0.05) is 22.6 Å². The van der Waals surface area contributed by atoms with Crippen LogP contribution in [0.1, 0.15) is 31.9 Å². The van der Waals surface area contributed by atoms with Crippen LogP contribution in [0.5, 0.6) is 11.5 Å². The van der Waals surface area contributed by atoms with Gasteiger partial charge >= 0.3 is 0 Å². The number of benzene rings is 2. The van der Waals surface area contributed by atoms with Crippen LogP contribution in [0, 0.1) is 6.92 Å². The fraction of sp³-hybridized carbons (Fsp3) is 0.167. The lowest BCUT2D eigenvalue weighted by Gasteiger charge is -2.13. The van der Waals surface area contributed by atoms with Crippen molar-refractivity contribution in [1.29, 1.82) is 0 Å². The third-order valence-corrected chi connectivity index (χ3v) is 5.74. The molecule has 0 saturated carbocycles. The number of methoxy groups -OCH3 is 2. The molecule has 0 spiro atoms. The van der Waals surface area contributed by atoms with Crippen molar-refractivity contribution in [1.82, 2.24) is 10.8 Å². The first kappa shape index (κ1) is 23.1. The lowest BCUT2D eigenvalue weighted by Crippen LogP contribution is -2.24. The van der Waals surface area contributed by atoms with Crippen LogP contribution in [0.25, 0.3) is 11.6 Å². The molecule has 0 radical (unpaired) electrons. The van der Waals surface area contributed by atoms with Crippen molar-refractivity contribution in [2.45, 2.75) is 13.5 Å². The van der Waals surface area contributed by atoms with Crippen LogP contribution in [-0.4, -0.2) is 31.2 Å². The van der Waals surface area contributed by atoms with Gasteiger partial charge in [-0.2, -0.15) is 0 Å². The topological polar surface area (TPSA) is 96.9 Å². The van der Waals surface area contributed by atoms with Crippen LogP contribution in [0.4, 0.5) is 0 Å². The molecular weight excluding hydrogens is 428 g/mol. The van der Waals surface area contributed by atoms with Crippen LogP contribution >= 0.6 is 11.3 Å². The summed E-state index contributed by atoms with van der Waals surface area (Å²) in [5.41, 5.74) is 5.04. The second kappa shape index (κ2) is 10.6. The van der Waals surface area contributed by atoms with Gasteiger partial charge in [-0.15, -0.1) is 11.3 Å². The minimum absolute atomic E-state index is 0.250. The first-order chi connectivity index (χ1) is 15.4. The summed E-state index contributed by atoms with van der Waals surface area (Å²) in [5, 5.41) is 13.7. The van der Waals surface area contributed by atoms with Crippen LogP contribution in [0.15, 0.2) is 53.9 Å². The van der Waals surface area contributed by atoms with E-state index in [1.54, 1.807) is 67.4 Å². The van der Waals surface area contributed by atoms with E-state index in [4.69, 9.17) is 14.7 Å². The maximum absolute atomic E-state index is 13.2. The monoisotopic (exact) mass is 452 g/mol. The smallest absolute Gasteiger partial charge is 0.274 e. The van der Waals surface area contributed by atoms with E-state index in [1.807, 2.05) is 30.5 Å². The maximum Gasteiger partial charge on any atom is 0.274 e. The van der Waals surface area contributed by atoms with Gasteiger partial charge in [0.1, 0.15) is 0 Å². The zero-order valence-corrected chi connectivity index (χ0v) is 18.8. The van der Waals surface area contributed by atoms with Gasteiger partial charge in [-0.3, -0.25) is 14.8 Å². The number of hydrogen-bond acceptors (Lipinski definition) is 6. The summed E-state index contributed by atoms with van der Waals surface area (Å²) in [6.45, 7) is 2.28. The molecule has 2 amide bonds. The number of carbonyl (C=O) groups is 2. The number of rotatable bonds is 8. The molecule has 0 bridgehead atoms. The molecule has 0 unspecified atom stereocenters. The Hall–Kier alpha value is -3.62. The largest absolute Gasteiger partial charge is 0.493 e. The second-order valence-corrected chi connectivity index (χ2v) is 7.92. The lowest BCUT2D eigenvalue weighted by molar-refractivity contribution is -0.115. The van der Waals surface area contributed by atoms with Gasteiger partial charge in [0.2, 0.25) is 0 Å². The van der Waals surface area contributed by atoms with E-state index >= 15 is 0 Å². The van der Waals surface area contributed by atoms with E-state index < -0.39 is 5.91 Å². The van der Waals surface area contributed by atoms with Gasteiger partial charge in [-0.25, -0.2) is 5.48 Å². The Labute approximate surface area is 190 Å². The first-order valence-electron chi connectivity index (χ1n) is 9.76. The van der Waals surface area contributed by atoms with Gasteiger partial charge in [0.15, 0.2) is 11.5 Å². The first-order valence-corrected chi connectivity index (χ1v) is 10.6. The fourth-order valence-electron chi connectivity index (χ4n) is 3.07. The molecule has 1 aromatic heterocycles. The van der Waals surface area contributed by atoms with Gasteiger partial charge in [0.25, 0.3) is 11.8 Å². The van der Waals surface area contributed by atoms with Gasteiger partial charge in [0.05, 0.1) is 14.2 Å². The number of nitrogens with one attached hydrogen (secondary N) is 2. The minimum atomic E-state index is -0.592. The normalized spacial score (nSPS) is 11.1. The molecule has 0 aliphatic carbocycles. The second-order valence-electron chi connectivity index (χ2n) is 6.97. The Bertz CT molecular complexity index is 1140. The van der Waals surface area contributed by atoms with E-state index in [1.165, 1.54) is 0 Å². The highest BCUT2D eigenvalue weighted by atomic mass is 32.1. The van der Waals surface area contributed by atoms with E-state index in [9.17, 15) is 9.59 Å². The zero-order chi connectivity index (χ0) is 23.1. The molecule has 3 N–H and O–H groups in total. The summed E-state index contributed by atoms with van der Waals surface area (Å²) >= 11 is 1.56. The Morgan fingerprint density at radius 3 is 2.28 bits per heavy atom. The standard InChI is InChI=1S/C24H24N2O5S/c1-15-10-19(32-14-15)12-20(18-8-9-21(30-2)22(11-18)31-3)24(28)25-13-16-4-6-17(7-5-16)23(27)26-29/h4-12,14,29H,13H2,1-3H3,(H,25,28)(H,26,27). The molecule has 0 aliphatic heterocycles. The van der Waals surface area contributed by atoms with Gasteiger partial charge in [-0.1, -0.05) is 18.2 Å². The Kier molecular flexibility index (Phi) is 7.64. The number of hydrogen-bond donors (Lipinski definition) is 3. The summed E-state index contributed by atoms with van der Waals surface area (Å²) in [6, 6.07) is 14.0. The van der Waals surface area contributed by atoms with Crippen LogP contribution < -0.4 is 20.3 Å². The highest BCUT2D eigenvalue weighted by Crippen LogP contribution is 2.32. The summed E-state index contributed by atoms with van der Waals surface area (Å²) < 4.78 is 10.7. The predicted molar refractivity (Wildman–Crippen MR) is 124 cm³/mol. The third-order valence-electron chi connectivity index (χ3n) is 4.75. The molecule has 0 aliphatic rings. The van der Waals surface area contributed by atoms with Crippen LogP contribution in [0.3, 0.4) is 0 Å². The number of amides is 2. The average Bonchev–Trinajstić information content (AvgIpc) is 3.25. The molecule has 8 heteroatoms. The third kappa shape index (κ3) is 5.54. The van der Waals surface area contributed by atoms with Crippen molar-refractivity contribution in [3.05, 3.63) is 81.0 Å². The zero-order valence-electron chi connectivity index (χ0n) is 18.0. The Balaban J connectivity index is 1.86. The average molecular weight is 453 g/mol. The number of ether oxygens (including phenoxy) is 2. The highest BCUT2D eigenvalue weighted by Gasteiger charge is 2.16. The van der Waals surface area contributed by atoms with Crippen molar-refractivity contribution in [2.24, 2.45) is 0 Å². The molecule has 1 heterocycles. The molecule has 3 rings (SSSR count). The summed E-state index contributed by atoms with van der Waals surface area (Å²) in [4.78, 5) is 25.6. The van der Waals surface area contributed by atoms with Gasteiger partial charge < -0.3 is 14.8 Å². The van der Waals surface area contributed by atoms with Gasteiger partial charge in [-0.05, 0) is 65.4 Å². The number of aryl methyl sites for hydroxylation is 1. The van der Waals surface area contributed by atoms with Crippen LogP contribution in [0.2, 0.25) is 0 Å². The maximum atomic E-state index is 13.2. The van der Waals surface area contributed by atoms with Crippen molar-refractivity contribution in [3.8, 4) is 11.5 Å². The molecule has 0 fully saturated rings. The summed E-state index contributed by atoms with van der Waals surface area (Å²) in [7, 11) is 3.11. The van der Waals surface area contributed by atoms with Crippen molar-refractivity contribution in [3.63, 3.8) is 0 Å². The molecule has 32 heavy (non-hydrogen) atoms. The van der Waals surface area contributed by atoms with E-state index in [0.717, 1.165) is 16.0 Å². The quantitative estimate of drug-likeness (QED) is 0.272. The number of carbonyl (C=O) groups excluding carboxylic acids is 2. The van der Waals surface area contributed by atoms with E-state index in [-0.39, 0.29) is 12.5 Å². The van der Waals surface area contributed by atoms with Crippen molar-refractivity contribution >= 4 is 34.8 Å². The highest BCUT2D eigenvalue weighted by molar-refractivity contribution is 7.11. The molecule has 2 aromatic carbocycles. The van der Waals surface area contributed by atoms with Crippen LogP contribution in [-0.2, 0) is 11.3 Å². The molecule has 0 atom stereocenters. The fourth-order valence-corrected chi connectivity index (χ4v) is 3.90. The number of hydroxylamine groups is 1. The minimum Gasteiger partial charge on any atom is -0.493 e. The van der Waals surface area contributed by atoms with Crippen molar-refractivity contribution in [2.75, 3.05) is 14.2 Å². The molecule has 166 valence electrons. The predicted octanol–water partition coefficient (Wildman–Crippen LogP) is 4.05. The SMILES string of the molecule is COc1ccc(C(=Cc2cc(C)cs2)C(=O)NCc2ccc(C(=O)NO)cc2)cc1OC. The summed E-state index contributed by atoms with van der Waals surface area (Å²) in [6.07, 6.45) is 1.85.